The van der Waals surface area contributed by atoms with Crippen LogP contribution in [-0.4, -0.2) is 26.6 Å². The molecule has 0 aliphatic heterocycles. The highest BCUT2D eigenvalue weighted by Gasteiger charge is 2.35. The smallest absolute Gasteiger partial charge is 0.282 e. The van der Waals surface area contributed by atoms with Gasteiger partial charge in [0, 0.05) is 28.5 Å². The second-order valence-corrected chi connectivity index (χ2v) is 7.47. The van der Waals surface area contributed by atoms with E-state index in [0.717, 1.165) is 40.7 Å². The van der Waals surface area contributed by atoms with Crippen molar-refractivity contribution in [3.63, 3.8) is 0 Å². The van der Waals surface area contributed by atoms with Crippen LogP contribution in [-0.2, 0) is 0 Å². The van der Waals surface area contributed by atoms with Gasteiger partial charge in [-0.3, -0.25) is 10.2 Å². The van der Waals surface area contributed by atoms with Gasteiger partial charge < -0.3 is 0 Å². The normalized spacial score (nSPS) is 16.9. The first-order valence-corrected chi connectivity index (χ1v) is 9.08. The summed E-state index contributed by atoms with van der Waals surface area (Å²) in [5.74, 6) is 0.182. The minimum atomic E-state index is -4.38. The number of hydrogen-bond acceptors (Lipinski definition) is 2. The lowest BCUT2D eigenvalue weighted by atomic mass is 9.95. The van der Waals surface area contributed by atoms with Crippen molar-refractivity contribution in [3.05, 3.63) is 52.5 Å². The van der Waals surface area contributed by atoms with Crippen LogP contribution in [0.4, 0.5) is 13.2 Å². The zero-order valence-electron chi connectivity index (χ0n) is 15.2. The summed E-state index contributed by atoms with van der Waals surface area (Å²) < 4.78 is 41.0. The standard InChI is InChI=1S/C20H21F3N4/c1-11(17-9-18(26-25-17)14-3-4-14)6-16(20(21,22)23)8-13-5-12(2)19-15(7-13)10-24-27-19/h5,7-11,14H,3-4,6H2,1-2H3,(H,24,27)(H,25,26)/b16-8-. The van der Waals surface area contributed by atoms with Crippen molar-refractivity contribution >= 4 is 17.0 Å². The number of rotatable bonds is 5. The van der Waals surface area contributed by atoms with Crippen LogP contribution in [0.25, 0.3) is 17.0 Å². The molecule has 142 valence electrons. The van der Waals surface area contributed by atoms with E-state index >= 15 is 0 Å². The first-order valence-electron chi connectivity index (χ1n) is 9.08. The molecule has 1 atom stereocenters. The SMILES string of the molecule is Cc1cc(/C=C(/CC(C)c2cc(C3CC3)n[nH]2)C(F)(F)F)cc2cn[nH]c12. The highest BCUT2D eigenvalue weighted by Crippen LogP contribution is 2.41. The molecule has 2 heterocycles. The van der Waals surface area contributed by atoms with Crippen LogP contribution < -0.4 is 0 Å². The zero-order chi connectivity index (χ0) is 19.2. The highest BCUT2D eigenvalue weighted by molar-refractivity contribution is 5.84. The van der Waals surface area contributed by atoms with E-state index in [0.29, 0.717) is 11.5 Å². The number of hydrogen-bond donors (Lipinski definition) is 2. The minimum Gasteiger partial charge on any atom is -0.282 e. The molecule has 7 heteroatoms. The van der Waals surface area contributed by atoms with Crippen molar-refractivity contribution in [2.45, 2.75) is 51.1 Å². The van der Waals surface area contributed by atoms with Crippen LogP contribution in [0.2, 0.25) is 0 Å². The number of H-pyrrole nitrogens is 2. The van der Waals surface area contributed by atoms with Gasteiger partial charge in [0.1, 0.15) is 0 Å². The van der Waals surface area contributed by atoms with Crippen LogP contribution in [0.15, 0.2) is 30.0 Å². The molecule has 0 amide bonds. The summed E-state index contributed by atoms with van der Waals surface area (Å²) in [7, 11) is 0. The Labute approximate surface area is 154 Å². The summed E-state index contributed by atoms with van der Waals surface area (Å²) in [6.07, 6.45) is 0.614. The van der Waals surface area contributed by atoms with Crippen molar-refractivity contribution in [3.8, 4) is 0 Å². The molecule has 2 aromatic heterocycles. The number of fused-ring (bicyclic) bond motifs is 1. The molecular weight excluding hydrogens is 353 g/mol. The average Bonchev–Trinajstić information content (AvgIpc) is 3.13. The number of allylic oxidation sites excluding steroid dienone is 1. The molecule has 1 fully saturated rings. The molecule has 2 N–H and O–H groups in total. The molecule has 1 aliphatic carbocycles. The van der Waals surface area contributed by atoms with Gasteiger partial charge in [0.15, 0.2) is 0 Å². The summed E-state index contributed by atoms with van der Waals surface area (Å²) in [5, 5.41) is 14.8. The molecule has 0 spiro atoms. The molecule has 1 aliphatic rings. The van der Waals surface area contributed by atoms with Gasteiger partial charge in [0.05, 0.1) is 17.4 Å². The maximum Gasteiger partial charge on any atom is 0.412 e. The third kappa shape index (κ3) is 3.77. The van der Waals surface area contributed by atoms with Gasteiger partial charge in [-0.2, -0.15) is 23.4 Å². The van der Waals surface area contributed by atoms with Crippen molar-refractivity contribution in [1.82, 2.24) is 20.4 Å². The van der Waals surface area contributed by atoms with E-state index in [1.54, 1.807) is 25.3 Å². The minimum absolute atomic E-state index is 0.0989. The van der Waals surface area contributed by atoms with E-state index in [1.165, 1.54) is 6.08 Å². The maximum atomic E-state index is 13.7. The Morgan fingerprint density at radius 1 is 1.26 bits per heavy atom. The molecule has 3 aromatic rings. The number of nitrogens with zero attached hydrogens (tertiary/aromatic N) is 2. The van der Waals surface area contributed by atoms with E-state index in [2.05, 4.69) is 20.4 Å². The van der Waals surface area contributed by atoms with Gasteiger partial charge in [-0.1, -0.05) is 6.92 Å². The number of aryl methyl sites for hydroxylation is 1. The predicted octanol–water partition coefficient (Wildman–Crippen LogP) is 5.61. The van der Waals surface area contributed by atoms with Crippen molar-refractivity contribution < 1.29 is 13.2 Å². The van der Waals surface area contributed by atoms with E-state index in [4.69, 9.17) is 0 Å². The third-order valence-electron chi connectivity index (χ3n) is 5.14. The van der Waals surface area contributed by atoms with Crippen molar-refractivity contribution in [1.29, 1.82) is 0 Å². The van der Waals surface area contributed by atoms with Gasteiger partial charge in [-0.15, -0.1) is 0 Å². The molecule has 0 radical (unpaired) electrons. The second kappa shape index (κ2) is 6.55. The first kappa shape index (κ1) is 17.8. The Balaban J connectivity index is 1.62. The Morgan fingerprint density at radius 3 is 2.74 bits per heavy atom. The number of alkyl halides is 3. The summed E-state index contributed by atoms with van der Waals surface area (Å²) in [4.78, 5) is 0. The predicted molar refractivity (Wildman–Crippen MR) is 98.5 cm³/mol. The number of benzene rings is 1. The van der Waals surface area contributed by atoms with Crippen molar-refractivity contribution in [2.24, 2.45) is 0 Å². The summed E-state index contributed by atoms with van der Waals surface area (Å²) in [6.45, 7) is 3.66. The Kier molecular flexibility index (Phi) is 4.32. The van der Waals surface area contributed by atoms with Crippen LogP contribution in [0.3, 0.4) is 0 Å². The molecule has 1 saturated carbocycles. The number of nitrogens with one attached hydrogen (secondary N) is 2. The van der Waals surface area contributed by atoms with E-state index in [1.807, 2.05) is 13.0 Å². The van der Waals surface area contributed by atoms with Gasteiger partial charge in [-0.05, 0) is 61.6 Å². The molecule has 27 heavy (non-hydrogen) atoms. The van der Waals surface area contributed by atoms with E-state index in [9.17, 15) is 13.2 Å². The zero-order valence-corrected chi connectivity index (χ0v) is 15.2. The fraction of sp³-hybridized carbons (Fsp3) is 0.400. The molecule has 4 rings (SSSR count). The van der Waals surface area contributed by atoms with Crippen LogP contribution in [0, 0.1) is 6.92 Å². The van der Waals surface area contributed by atoms with Gasteiger partial charge in [-0.25, -0.2) is 0 Å². The van der Waals surface area contributed by atoms with Gasteiger partial charge in [0.25, 0.3) is 0 Å². The Hall–Kier alpha value is -2.57. The first-order chi connectivity index (χ1) is 12.8. The lowest BCUT2D eigenvalue weighted by Gasteiger charge is -2.16. The molecule has 1 aromatic carbocycles. The molecule has 0 bridgehead atoms. The summed E-state index contributed by atoms with van der Waals surface area (Å²) in [6, 6.07) is 5.39. The quantitative estimate of drug-likeness (QED) is 0.610. The van der Waals surface area contributed by atoms with Crippen LogP contribution in [0.1, 0.15) is 60.5 Å². The molecule has 1 unspecified atom stereocenters. The topological polar surface area (TPSA) is 57.4 Å². The number of aromatic amines is 2. The van der Waals surface area contributed by atoms with Crippen LogP contribution in [0.5, 0.6) is 0 Å². The number of aromatic nitrogens is 4. The highest BCUT2D eigenvalue weighted by atomic mass is 19.4. The third-order valence-corrected chi connectivity index (χ3v) is 5.14. The van der Waals surface area contributed by atoms with E-state index in [-0.39, 0.29) is 12.3 Å². The summed E-state index contributed by atoms with van der Waals surface area (Å²) >= 11 is 0. The molecule has 0 saturated heterocycles. The fourth-order valence-electron chi connectivity index (χ4n) is 3.44. The number of halogens is 3. The molecule has 4 nitrogen and oxygen atoms in total. The Bertz CT molecular complexity index is 992. The molecular formula is C20H21F3N4. The second-order valence-electron chi connectivity index (χ2n) is 7.47. The fourth-order valence-corrected chi connectivity index (χ4v) is 3.44. The maximum absolute atomic E-state index is 13.7. The van der Waals surface area contributed by atoms with Crippen LogP contribution >= 0.6 is 0 Å². The Morgan fingerprint density at radius 2 is 2.04 bits per heavy atom. The van der Waals surface area contributed by atoms with E-state index < -0.39 is 11.7 Å². The summed E-state index contributed by atoms with van der Waals surface area (Å²) in [5.41, 5.74) is 3.43. The average molecular weight is 374 g/mol. The lowest BCUT2D eigenvalue weighted by Crippen LogP contribution is -2.14. The monoisotopic (exact) mass is 374 g/mol. The lowest BCUT2D eigenvalue weighted by molar-refractivity contribution is -0.0934. The van der Waals surface area contributed by atoms with Gasteiger partial charge >= 0.3 is 6.18 Å². The van der Waals surface area contributed by atoms with Crippen molar-refractivity contribution in [2.75, 3.05) is 0 Å². The largest absolute Gasteiger partial charge is 0.412 e. The van der Waals surface area contributed by atoms with Gasteiger partial charge in [0.2, 0.25) is 0 Å².